The minimum atomic E-state index is -0.212. The van der Waals surface area contributed by atoms with Gasteiger partial charge in [0.15, 0.2) is 0 Å². The second kappa shape index (κ2) is 7.44. The lowest BCUT2D eigenvalue weighted by atomic mass is 10.1. The number of rotatable bonds is 6. The lowest BCUT2D eigenvalue weighted by Crippen LogP contribution is -2.31. The van der Waals surface area contributed by atoms with Crippen LogP contribution in [0.25, 0.3) is 0 Å². The van der Waals surface area contributed by atoms with Gasteiger partial charge in [-0.25, -0.2) is 4.79 Å². The van der Waals surface area contributed by atoms with Crippen molar-refractivity contribution in [2.45, 2.75) is 19.5 Å². The van der Waals surface area contributed by atoms with Crippen LogP contribution in [0.2, 0.25) is 0 Å². The smallest absolute Gasteiger partial charge is 0.319 e. The lowest BCUT2D eigenvalue weighted by molar-refractivity contribution is 0.251. The molecule has 6 nitrogen and oxygen atoms in total. The summed E-state index contributed by atoms with van der Waals surface area (Å²) in [6, 6.07) is 9.69. The van der Waals surface area contributed by atoms with Crippen molar-refractivity contribution < 1.29 is 4.79 Å². The zero-order valence-electron chi connectivity index (χ0n) is 12.3. The Morgan fingerprint density at radius 2 is 2.24 bits per heavy atom. The number of nitrogens with zero attached hydrogens (tertiary/aromatic N) is 2. The number of benzene rings is 1. The van der Waals surface area contributed by atoms with Gasteiger partial charge in [0.05, 0.1) is 6.54 Å². The van der Waals surface area contributed by atoms with E-state index in [-0.39, 0.29) is 12.1 Å². The van der Waals surface area contributed by atoms with Gasteiger partial charge in [-0.15, -0.1) is 0 Å². The van der Waals surface area contributed by atoms with Crippen LogP contribution in [-0.4, -0.2) is 29.4 Å². The van der Waals surface area contributed by atoms with Crippen molar-refractivity contribution in [2.75, 3.05) is 18.9 Å². The molecular formula is C15H21N5O. The quantitative estimate of drug-likeness (QED) is 0.761. The first-order valence-corrected chi connectivity index (χ1v) is 6.98. The highest BCUT2D eigenvalue weighted by Gasteiger charge is 2.05. The van der Waals surface area contributed by atoms with E-state index < -0.39 is 0 Å². The highest BCUT2D eigenvalue weighted by atomic mass is 16.2. The third-order valence-electron chi connectivity index (χ3n) is 3.26. The number of urea groups is 1. The van der Waals surface area contributed by atoms with E-state index in [1.165, 1.54) is 0 Å². The first-order valence-electron chi connectivity index (χ1n) is 6.98. The Morgan fingerprint density at radius 1 is 1.38 bits per heavy atom. The van der Waals surface area contributed by atoms with E-state index in [0.29, 0.717) is 13.1 Å². The Hall–Kier alpha value is -2.34. The van der Waals surface area contributed by atoms with Crippen molar-refractivity contribution in [1.29, 1.82) is 0 Å². The summed E-state index contributed by atoms with van der Waals surface area (Å²) in [5.74, 6) is 0. The third kappa shape index (κ3) is 4.61. The lowest BCUT2D eigenvalue weighted by Gasteiger charge is -2.13. The number of aromatic nitrogens is 2. The Kier molecular flexibility index (Phi) is 5.34. The van der Waals surface area contributed by atoms with Crippen molar-refractivity contribution in [2.24, 2.45) is 0 Å². The molecule has 0 saturated heterocycles. The molecule has 1 aromatic carbocycles. The molecule has 1 atom stereocenters. The zero-order valence-corrected chi connectivity index (χ0v) is 12.3. The van der Waals surface area contributed by atoms with Crippen molar-refractivity contribution in [3.05, 3.63) is 48.3 Å². The fraction of sp³-hybridized carbons (Fsp3) is 0.333. The van der Waals surface area contributed by atoms with E-state index in [0.717, 1.165) is 11.3 Å². The fourth-order valence-corrected chi connectivity index (χ4v) is 1.94. The van der Waals surface area contributed by atoms with Crippen LogP contribution in [0.1, 0.15) is 18.5 Å². The van der Waals surface area contributed by atoms with Gasteiger partial charge in [0.25, 0.3) is 0 Å². The summed E-state index contributed by atoms with van der Waals surface area (Å²) in [5, 5.41) is 12.9. The van der Waals surface area contributed by atoms with Crippen molar-refractivity contribution in [3.8, 4) is 0 Å². The third-order valence-corrected chi connectivity index (χ3v) is 3.26. The van der Waals surface area contributed by atoms with Crippen LogP contribution in [-0.2, 0) is 6.54 Å². The average Bonchev–Trinajstić information content (AvgIpc) is 3.00. The maximum absolute atomic E-state index is 11.8. The van der Waals surface area contributed by atoms with Gasteiger partial charge in [0, 0.05) is 30.7 Å². The van der Waals surface area contributed by atoms with Gasteiger partial charge < -0.3 is 16.0 Å². The number of hydrogen-bond acceptors (Lipinski definition) is 3. The minimum Gasteiger partial charge on any atom is -0.336 e. The van der Waals surface area contributed by atoms with Gasteiger partial charge in [-0.3, -0.25) is 4.68 Å². The van der Waals surface area contributed by atoms with Crippen LogP contribution >= 0.6 is 0 Å². The van der Waals surface area contributed by atoms with Gasteiger partial charge in [0.2, 0.25) is 0 Å². The summed E-state index contributed by atoms with van der Waals surface area (Å²) < 4.78 is 1.77. The standard InChI is InChI=1S/C15H21N5O/c1-12(16-2)13-5-3-6-14(11-13)19-15(21)17-8-10-20-9-4-7-18-20/h3-7,9,11-12,16H,8,10H2,1-2H3,(H2,17,19,21). The topological polar surface area (TPSA) is 71.0 Å². The van der Waals surface area contributed by atoms with Crippen molar-refractivity contribution in [1.82, 2.24) is 20.4 Å². The number of nitrogens with one attached hydrogen (secondary N) is 3. The fourth-order valence-electron chi connectivity index (χ4n) is 1.94. The molecular weight excluding hydrogens is 266 g/mol. The normalized spacial score (nSPS) is 11.9. The largest absolute Gasteiger partial charge is 0.336 e. The number of carbonyl (C=O) groups excluding carboxylic acids is 1. The van der Waals surface area contributed by atoms with Crippen molar-refractivity contribution >= 4 is 11.7 Å². The average molecular weight is 287 g/mol. The molecule has 21 heavy (non-hydrogen) atoms. The molecule has 1 unspecified atom stereocenters. The van der Waals surface area contributed by atoms with Gasteiger partial charge in [-0.1, -0.05) is 12.1 Å². The maximum atomic E-state index is 11.8. The molecule has 0 saturated carbocycles. The Balaban J connectivity index is 1.82. The summed E-state index contributed by atoms with van der Waals surface area (Å²) >= 11 is 0. The molecule has 0 fully saturated rings. The maximum Gasteiger partial charge on any atom is 0.319 e. The van der Waals surface area contributed by atoms with E-state index in [1.54, 1.807) is 10.9 Å². The molecule has 2 amide bonds. The van der Waals surface area contributed by atoms with E-state index in [2.05, 4.69) is 28.0 Å². The van der Waals surface area contributed by atoms with Crippen LogP contribution in [0.5, 0.6) is 0 Å². The number of carbonyl (C=O) groups is 1. The van der Waals surface area contributed by atoms with E-state index in [1.807, 2.05) is 43.6 Å². The second-order valence-corrected chi connectivity index (χ2v) is 4.79. The molecule has 0 aliphatic carbocycles. The first kappa shape index (κ1) is 15.1. The molecule has 2 rings (SSSR count). The number of amides is 2. The van der Waals surface area contributed by atoms with Gasteiger partial charge in [0.1, 0.15) is 0 Å². The van der Waals surface area contributed by atoms with Crippen LogP contribution in [0.15, 0.2) is 42.7 Å². The van der Waals surface area contributed by atoms with E-state index >= 15 is 0 Å². The molecule has 2 aromatic rings. The number of hydrogen-bond donors (Lipinski definition) is 3. The second-order valence-electron chi connectivity index (χ2n) is 4.79. The molecule has 0 aliphatic rings. The molecule has 0 bridgehead atoms. The minimum absolute atomic E-state index is 0.212. The van der Waals surface area contributed by atoms with Gasteiger partial charge >= 0.3 is 6.03 Å². The van der Waals surface area contributed by atoms with Crippen LogP contribution in [0.4, 0.5) is 10.5 Å². The Morgan fingerprint density at radius 3 is 2.95 bits per heavy atom. The summed E-state index contributed by atoms with van der Waals surface area (Å²) in [4.78, 5) is 11.8. The SMILES string of the molecule is CNC(C)c1cccc(NC(=O)NCCn2cccn2)c1. The molecule has 1 heterocycles. The van der Waals surface area contributed by atoms with Crippen molar-refractivity contribution in [3.63, 3.8) is 0 Å². The summed E-state index contributed by atoms with van der Waals surface area (Å²) in [5.41, 5.74) is 1.91. The molecule has 0 radical (unpaired) electrons. The Labute approximate surface area is 124 Å². The highest BCUT2D eigenvalue weighted by Crippen LogP contribution is 2.16. The zero-order chi connectivity index (χ0) is 15.1. The molecule has 1 aromatic heterocycles. The summed E-state index contributed by atoms with van der Waals surface area (Å²) in [6.45, 7) is 3.25. The van der Waals surface area contributed by atoms with E-state index in [9.17, 15) is 4.79 Å². The molecule has 112 valence electrons. The van der Waals surface area contributed by atoms with Gasteiger partial charge in [-0.2, -0.15) is 5.10 Å². The first-order chi connectivity index (χ1) is 10.2. The van der Waals surface area contributed by atoms with Crippen LogP contribution in [0.3, 0.4) is 0 Å². The van der Waals surface area contributed by atoms with Crippen LogP contribution in [0, 0.1) is 0 Å². The van der Waals surface area contributed by atoms with E-state index in [4.69, 9.17) is 0 Å². The number of anilines is 1. The van der Waals surface area contributed by atoms with Gasteiger partial charge in [-0.05, 0) is 37.7 Å². The molecule has 0 aliphatic heterocycles. The predicted molar refractivity (Wildman–Crippen MR) is 83.2 cm³/mol. The monoisotopic (exact) mass is 287 g/mol. The Bertz CT molecular complexity index is 567. The summed E-state index contributed by atoms with van der Waals surface area (Å²) in [7, 11) is 1.91. The molecule has 3 N–H and O–H groups in total. The summed E-state index contributed by atoms with van der Waals surface area (Å²) in [6.07, 6.45) is 3.58. The molecule has 0 spiro atoms. The van der Waals surface area contributed by atoms with Crippen LogP contribution < -0.4 is 16.0 Å². The molecule has 6 heteroatoms. The highest BCUT2D eigenvalue weighted by molar-refractivity contribution is 5.89. The predicted octanol–water partition coefficient (Wildman–Crippen LogP) is 1.99.